The largest absolute Gasteiger partial charge is 0.490 e. The summed E-state index contributed by atoms with van der Waals surface area (Å²) in [4.78, 5) is 3.99. The summed E-state index contributed by atoms with van der Waals surface area (Å²) in [5, 5.41) is 4.04. The molecule has 2 aromatic rings. The summed E-state index contributed by atoms with van der Waals surface area (Å²) in [6.07, 6.45) is 6.99. The van der Waals surface area contributed by atoms with Crippen LogP contribution in [0.4, 0.5) is 0 Å². The molecule has 7 nitrogen and oxygen atoms in total. The van der Waals surface area contributed by atoms with Crippen molar-refractivity contribution in [2.75, 3.05) is 13.2 Å². The third kappa shape index (κ3) is 5.59. The normalized spacial score (nSPS) is 10.7. The van der Waals surface area contributed by atoms with Gasteiger partial charge in [-0.05, 0) is 42.9 Å². The SMILES string of the molecule is CCOc1cc(C=NNC(N)=S)ccc1OCCn1ccnc1. The lowest BCUT2D eigenvalue weighted by Crippen LogP contribution is -2.23. The number of hydrogen-bond donors (Lipinski definition) is 2. The summed E-state index contributed by atoms with van der Waals surface area (Å²) >= 11 is 4.68. The molecular formula is C15H19N5O2S. The summed E-state index contributed by atoms with van der Waals surface area (Å²) in [6, 6.07) is 5.57. The van der Waals surface area contributed by atoms with Crippen LogP contribution >= 0.6 is 12.2 Å². The Morgan fingerprint density at radius 3 is 3.00 bits per heavy atom. The van der Waals surface area contributed by atoms with Gasteiger partial charge in [0.1, 0.15) is 6.61 Å². The fourth-order valence-electron chi connectivity index (χ4n) is 1.84. The van der Waals surface area contributed by atoms with Crippen LogP contribution in [-0.2, 0) is 6.54 Å². The van der Waals surface area contributed by atoms with E-state index >= 15 is 0 Å². The van der Waals surface area contributed by atoms with E-state index in [2.05, 4.69) is 27.7 Å². The topological polar surface area (TPSA) is 86.7 Å². The van der Waals surface area contributed by atoms with Crippen molar-refractivity contribution in [2.45, 2.75) is 13.5 Å². The van der Waals surface area contributed by atoms with E-state index in [1.165, 1.54) is 0 Å². The molecule has 0 aliphatic carbocycles. The maximum absolute atomic E-state index is 5.79. The van der Waals surface area contributed by atoms with Gasteiger partial charge in [0.15, 0.2) is 16.6 Å². The van der Waals surface area contributed by atoms with E-state index in [0.29, 0.717) is 31.3 Å². The number of aromatic nitrogens is 2. The van der Waals surface area contributed by atoms with Crippen LogP contribution in [0.25, 0.3) is 0 Å². The molecule has 0 radical (unpaired) electrons. The molecule has 0 bridgehead atoms. The van der Waals surface area contributed by atoms with E-state index < -0.39 is 0 Å². The molecule has 23 heavy (non-hydrogen) atoms. The molecular weight excluding hydrogens is 314 g/mol. The van der Waals surface area contributed by atoms with Gasteiger partial charge in [-0.2, -0.15) is 5.10 Å². The molecule has 0 unspecified atom stereocenters. The van der Waals surface area contributed by atoms with Crippen LogP contribution in [0.15, 0.2) is 42.0 Å². The Morgan fingerprint density at radius 1 is 1.43 bits per heavy atom. The predicted octanol–water partition coefficient (Wildman–Crippen LogP) is 1.53. The number of rotatable bonds is 8. The van der Waals surface area contributed by atoms with Crippen LogP contribution in [0.3, 0.4) is 0 Å². The van der Waals surface area contributed by atoms with Gasteiger partial charge >= 0.3 is 0 Å². The third-order valence-corrected chi connectivity index (χ3v) is 2.91. The van der Waals surface area contributed by atoms with Crippen molar-refractivity contribution in [3.05, 3.63) is 42.5 Å². The Hall–Kier alpha value is -2.61. The Kier molecular flexibility index (Phi) is 6.37. The quantitative estimate of drug-likeness (QED) is 0.433. The van der Waals surface area contributed by atoms with Gasteiger partial charge in [-0.15, -0.1) is 0 Å². The number of hydrazone groups is 1. The molecule has 0 spiro atoms. The molecule has 0 atom stereocenters. The molecule has 1 aromatic carbocycles. The minimum atomic E-state index is 0.116. The second-order valence-electron chi connectivity index (χ2n) is 4.52. The molecule has 0 aliphatic heterocycles. The molecule has 0 fully saturated rings. The minimum absolute atomic E-state index is 0.116. The number of benzene rings is 1. The summed E-state index contributed by atoms with van der Waals surface area (Å²) in [5.74, 6) is 1.35. The molecule has 1 aromatic heterocycles. The highest BCUT2D eigenvalue weighted by Crippen LogP contribution is 2.28. The molecule has 0 saturated heterocycles. The van der Waals surface area contributed by atoms with Gasteiger partial charge in [0.25, 0.3) is 0 Å². The maximum atomic E-state index is 5.79. The van der Waals surface area contributed by atoms with Crippen molar-refractivity contribution in [2.24, 2.45) is 10.8 Å². The summed E-state index contributed by atoms with van der Waals surface area (Å²) in [7, 11) is 0. The molecule has 0 aliphatic rings. The zero-order chi connectivity index (χ0) is 16.5. The van der Waals surface area contributed by atoms with Crippen LogP contribution in [0.5, 0.6) is 11.5 Å². The number of nitrogens with two attached hydrogens (primary N) is 1. The molecule has 2 rings (SSSR count). The summed E-state index contributed by atoms with van der Waals surface area (Å²) < 4.78 is 13.3. The van der Waals surface area contributed by atoms with E-state index in [4.69, 9.17) is 15.2 Å². The Balaban J connectivity index is 2.00. The number of imidazole rings is 1. The number of nitrogens with zero attached hydrogens (tertiary/aromatic N) is 3. The molecule has 0 saturated carbocycles. The number of nitrogens with one attached hydrogen (secondary N) is 1. The smallest absolute Gasteiger partial charge is 0.184 e. The lowest BCUT2D eigenvalue weighted by atomic mass is 10.2. The summed E-state index contributed by atoms with van der Waals surface area (Å²) in [6.45, 7) is 3.70. The van der Waals surface area contributed by atoms with Gasteiger partial charge in [0.05, 0.1) is 25.7 Å². The minimum Gasteiger partial charge on any atom is -0.490 e. The van der Waals surface area contributed by atoms with Crippen molar-refractivity contribution in [3.63, 3.8) is 0 Å². The third-order valence-electron chi connectivity index (χ3n) is 2.82. The fourth-order valence-corrected chi connectivity index (χ4v) is 1.90. The Bertz CT molecular complexity index is 658. The zero-order valence-corrected chi connectivity index (χ0v) is 13.6. The maximum Gasteiger partial charge on any atom is 0.184 e. The van der Waals surface area contributed by atoms with Crippen molar-refractivity contribution in [1.82, 2.24) is 15.0 Å². The van der Waals surface area contributed by atoms with Gasteiger partial charge < -0.3 is 19.8 Å². The first-order valence-electron chi connectivity index (χ1n) is 7.13. The van der Waals surface area contributed by atoms with E-state index in [9.17, 15) is 0 Å². The van der Waals surface area contributed by atoms with E-state index in [0.717, 1.165) is 5.56 Å². The van der Waals surface area contributed by atoms with Crippen molar-refractivity contribution >= 4 is 23.5 Å². The van der Waals surface area contributed by atoms with Crippen LogP contribution in [0, 0.1) is 0 Å². The van der Waals surface area contributed by atoms with Crippen molar-refractivity contribution in [3.8, 4) is 11.5 Å². The van der Waals surface area contributed by atoms with E-state index in [-0.39, 0.29) is 5.11 Å². The van der Waals surface area contributed by atoms with E-state index in [1.54, 1.807) is 18.7 Å². The highest BCUT2D eigenvalue weighted by molar-refractivity contribution is 7.80. The van der Waals surface area contributed by atoms with Gasteiger partial charge in [-0.3, -0.25) is 5.43 Å². The van der Waals surface area contributed by atoms with Crippen LogP contribution in [0.2, 0.25) is 0 Å². The first kappa shape index (κ1) is 16.8. The molecule has 122 valence electrons. The summed E-state index contributed by atoms with van der Waals surface area (Å²) in [5.41, 5.74) is 8.66. The first-order valence-corrected chi connectivity index (χ1v) is 7.53. The van der Waals surface area contributed by atoms with Gasteiger partial charge in [0, 0.05) is 12.4 Å². The molecule has 1 heterocycles. The van der Waals surface area contributed by atoms with Crippen molar-refractivity contribution < 1.29 is 9.47 Å². The lowest BCUT2D eigenvalue weighted by molar-refractivity contribution is 0.266. The Morgan fingerprint density at radius 2 is 2.30 bits per heavy atom. The second-order valence-corrected chi connectivity index (χ2v) is 4.96. The van der Waals surface area contributed by atoms with Crippen LogP contribution in [-0.4, -0.2) is 34.1 Å². The number of thiocarbonyl (C=S) groups is 1. The van der Waals surface area contributed by atoms with Crippen LogP contribution < -0.4 is 20.6 Å². The fraction of sp³-hybridized carbons (Fsp3) is 0.267. The average Bonchev–Trinajstić information content (AvgIpc) is 3.02. The zero-order valence-electron chi connectivity index (χ0n) is 12.8. The number of hydrogen-bond acceptors (Lipinski definition) is 5. The first-order chi connectivity index (χ1) is 11.2. The second kappa shape index (κ2) is 8.74. The van der Waals surface area contributed by atoms with Crippen LogP contribution in [0.1, 0.15) is 12.5 Å². The lowest BCUT2D eigenvalue weighted by Gasteiger charge is -2.12. The Labute approximate surface area is 140 Å². The molecule has 8 heteroatoms. The molecule has 0 amide bonds. The predicted molar refractivity (Wildman–Crippen MR) is 92.8 cm³/mol. The number of ether oxygens (including phenoxy) is 2. The van der Waals surface area contributed by atoms with E-state index in [1.807, 2.05) is 35.9 Å². The highest BCUT2D eigenvalue weighted by atomic mass is 32.1. The monoisotopic (exact) mass is 333 g/mol. The highest BCUT2D eigenvalue weighted by Gasteiger charge is 2.06. The van der Waals surface area contributed by atoms with Crippen molar-refractivity contribution in [1.29, 1.82) is 0 Å². The van der Waals surface area contributed by atoms with Gasteiger partial charge in [-0.25, -0.2) is 4.98 Å². The standard InChI is InChI=1S/C15H19N5O2S/c1-2-21-14-9-12(10-18-19-15(16)23)3-4-13(14)22-8-7-20-6-5-17-11-20/h3-6,9-11H,2,7-8H2,1H3,(H3,16,19,23). The van der Waals surface area contributed by atoms with Gasteiger partial charge in [0.2, 0.25) is 0 Å². The van der Waals surface area contributed by atoms with Gasteiger partial charge in [-0.1, -0.05) is 0 Å². The molecule has 3 N–H and O–H groups in total. The average molecular weight is 333 g/mol.